The van der Waals surface area contributed by atoms with Crippen LogP contribution in [0.5, 0.6) is 0 Å². The molecule has 1 saturated heterocycles. The Morgan fingerprint density at radius 3 is 3.04 bits per heavy atom. The fourth-order valence-corrected chi connectivity index (χ4v) is 3.14. The average Bonchev–Trinajstić information content (AvgIpc) is 3.16. The molecule has 0 aliphatic carbocycles. The Kier molecular flexibility index (Phi) is 5.16. The molecule has 0 saturated carbocycles. The molecule has 0 radical (unpaired) electrons. The van der Waals surface area contributed by atoms with E-state index < -0.39 is 0 Å². The minimum Gasteiger partial charge on any atom is -0.459 e. The summed E-state index contributed by atoms with van der Waals surface area (Å²) < 4.78 is 24.7. The number of carbonyl (C=O) groups excluding carboxylic acids is 1. The standard InChI is InChI=1S/C18H23FN2O3/c1-11-15-8-13(19)5-6-16(15)24-18(11)12(2)21-17(22)10-20-9-14-4-3-7-23-14/h5-6,8,12,14,20H,3-4,7,9-10H2,1-2H3,(H,21,22)/t12-,14-/m1/s1. The first-order chi connectivity index (χ1) is 11.5. The van der Waals surface area contributed by atoms with E-state index >= 15 is 0 Å². The molecular formula is C18H23FN2O3. The van der Waals surface area contributed by atoms with Gasteiger partial charge in [-0.3, -0.25) is 4.79 Å². The molecular weight excluding hydrogens is 311 g/mol. The third kappa shape index (κ3) is 3.76. The quantitative estimate of drug-likeness (QED) is 0.853. The molecule has 3 rings (SSSR count). The maximum atomic E-state index is 13.4. The van der Waals surface area contributed by atoms with Gasteiger partial charge in [0.15, 0.2) is 0 Å². The van der Waals surface area contributed by atoms with Crippen molar-refractivity contribution >= 4 is 16.9 Å². The first kappa shape index (κ1) is 16.9. The van der Waals surface area contributed by atoms with Gasteiger partial charge >= 0.3 is 0 Å². The van der Waals surface area contributed by atoms with Gasteiger partial charge in [0.05, 0.1) is 18.7 Å². The summed E-state index contributed by atoms with van der Waals surface area (Å²) >= 11 is 0. The Hall–Kier alpha value is -1.92. The highest BCUT2D eigenvalue weighted by Crippen LogP contribution is 2.29. The number of hydrogen-bond donors (Lipinski definition) is 2. The van der Waals surface area contributed by atoms with E-state index in [0.717, 1.165) is 30.4 Å². The van der Waals surface area contributed by atoms with E-state index in [1.165, 1.54) is 12.1 Å². The maximum absolute atomic E-state index is 13.4. The molecule has 1 aliphatic rings. The van der Waals surface area contributed by atoms with Crippen molar-refractivity contribution in [3.63, 3.8) is 0 Å². The summed E-state index contributed by atoms with van der Waals surface area (Å²) in [4.78, 5) is 12.1. The fraction of sp³-hybridized carbons (Fsp3) is 0.500. The summed E-state index contributed by atoms with van der Waals surface area (Å²) in [6, 6.07) is 4.15. The molecule has 1 fully saturated rings. The summed E-state index contributed by atoms with van der Waals surface area (Å²) in [7, 11) is 0. The largest absolute Gasteiger partial charge is 0.459 e. The summed E-state index contributed by atoms with van der Waals surface area (Å²) in [5, 5.41) is 6.76. The molecule has 2 atom stereocenters. The van der Waals surface area contributed by atoms with Gasteiger partial charge in [0, 0.05) is 24.1 Å². The number of amides is 1. The Morgan fingerprint density at radius 1 is 1.46 bits per heavy atom. The Balaban J connectivity index is 1.56. The van der Waals surface area contributed by atoms with Crippen molar-refractivity contribution in [2.75, 3.05) is 19.7 Å². The molecule has 0 spiro atoms. The van der Waals surface area contributed by atoms with Crippen LogP contribution in [-0.2, 0) is 9.53 Å². The molecule has 6 heteroatoms. The molecule has 24 heavy (non-hydrogen) atoms. The molecule has 1 aliphatic heterocycles. The molecule has 0 bridgehead atoms. The lowest BCUT2D eigenvalue weighted by molar-refractivity contribution is -0.121. The highest BCUT2D eigenvalue weighted by Gasteiger charge is 2.19. The lowest BCUT2D eigenvalue weighted by Crippen LogP contribution is -2.38. The lowest BCUT2D eigenvalue weighted by atomic mass is 10.1. The van der Waals surface area contributed by atoms with E-state index in [1.54, 1.807) is 6.07 Å². The number of nitrogens with one attached hydrogen (secondary N) is 2. The van der Waals surface area contributed by atoms with Crippen molar-refractivity contribution in [2.24, 2.45) is 0 Å². The van der Waals surface area contributed by atoms with E-state index in [0.29, 0.717) is 17.9 Å². The minimum absolute atomic E-state index is 0.105. The highest BCUT2D eigenvalue weighted by atomic mass is 19.1. The summed E-state index contributed by atoms with van der Waals surface area (Å²) in [5.41, 5.74) is 1.48. The summed E-state index contributed by atoms with van der Waals surface area (Å²) in [6.07, 6.45) is 2.34. The van der Waals surface area contributed by atoms with Crippen LogP contribution in [0.15, 0.2) is 22.6 Å². The van der Waals surface area contributed by atoms with Crippen LogP contribution < -0.4 is 10.6 Å². The highest BCUT2D eigenvalue weighted by molar-refractivity contribution is 5.83. The van der Waals surface area contributed by atoms with Crippen molar-refractivity contribution in [2.45, 2.75) is 38.8 Å². The van der Waals surface area contributed by atoms with Crippen LogP contribution in [0.2, 0.25) is 0 Å². The predicted molar refractivity (Wildman–Crippen MR) is 89.3 cm³/mol. The van der Waals surface area contributed by atoms with Gasteiger partial charge in [0.25, 0.3) is 0 Å². The zero-order valence-electron chi connectivity index (χ0n) is 14.0. The Labute approximate surface area is 140 Å². The minimum atomic E-state index is -0.298. The first-order valence-corrected chi connectivity index (χ1v) is 8.35. The molecule has 1 amide bonds. The van der Waals surface area contributed by atoms with E-state index in [2.05, 4.69) is 10.6 Å². The number of fused-ring (bicyclic) bond motifs is 1. The first-order valence-electron chi connectivity index (χ1n) is 8.35. The van der Waals surface area contributed by atoms with Gasteiger partial charge in [-0.2, -0.15) is 0 Å². The molecule has 0 unspecified atom stereocenters. The number of furan rings is 1. The second kappa shape index (κ2) is 7.32. The van der Waals surface area contributed by atoms with Crippen LogP contribution in [0.1, 0.15) is 37.1 Å². The van der Waals surface area contributed by atoms with E-state index in [-0.39, 0.29) is 30.4 Å². The van der Waals surface area contributed by atoms with Gasteiger partial charge in [-0.1, -0.05) is 0 Å². The van der Waals surface area contributed by atoms with Gasteiger partial charge in [-0.25, -0.2) is 4.39 Å². The van der Waals surface area contributed by atoms with Crippen LogP contribution in [0.3, 0.4) is 0 Å². The summed E-state index contributed by atoms with van der Waals surface area (Å²) in [5.74, 6) is 0.252. The lowest BCUT2D eigenvalue weighted by Gasteiger charge is -2.14. The molecule has 1 aromatic heterocycles. The van der Waals surface area contributed by atoms with Crippen LogP contribution in [0.25, 0.3) is 11.0 Å². The number of halogens is 1. The number of ether oxygens (including phenoxy) is 1. The second-order valence-electron chi connectivity index (χ2n) is 6.29. The van der Waals surface area contributed by atoms with Crippen molar-refractivity contribution in [1.29, 1.82) is 0 Å². The van der Waals surface area contributed by atoms with Gasteiger partial charge in [0.1, 0.15) is 17.2 Å². The van der Waals surface area contributed by atoms with Crippen molar-refractivity contribution in [3.8, 4) is 0 Å². The molecule has 2 aromatic rings. The number of hydrogen-bond acceptors (Lipinski definition) is 4. The van der Waals surface area contributed by atoms with Crippen LogP contribution in [0, 0.1) is 12.7 Å². The number of aryl methyl sites for hydroxylation is 1. The van der Waals surface area contributed by atoms with Crippen LogP contribution >= 0.6 is 0 Å². The Bertz CT molecular complexity index is 722. The third-order valence-electron chi connectivity index (χ3n) is 4.39. The zero-order valence-corrected chi connectivity index (χ0v) is 14.0. The monoisotopic (exact) mass is 334 g/mol. The molecule has 2 N–H and O–H groups in total. The van der Waals surface area contributed by atoms with E-state index in [4.69, 9.17) is 9.15 Å². The van der Waals surface area contributed by atoms with Crippen LogP contribution in [0.4, 0.5) is 4.39 Å². The number of rotatable bonds is 6. The number of benzene rings is 1. The Morgan fingerprint density at radius 2 is 2.29 bits per heavy atom. The third-order valence-corrected chi connectivity index (χ3v) is 4.39. The molecule has 1 aromatic carbocycles. The zero-order chi connectivity index (χ0) is 17.1. The molecule has 2 heterocycles. The smallest absolute Gasteiger partial charge is 0.234 e. The van der Waals surface area contributed by atoms with Crippen molar-refractivity contribution < 1.29 is 18.3 Å². The van der Waals surface area contributed by atoms with E-state index in [9.17, 15) is 9.18 Å². The molecule has 130 valence electrons. The van der Waals surface area contributed by atoms with Gasteiger partial charge in [-0.05, 0) is 44.9 Å². The van der Waals surface area contributed by atoms with E-state index in [1.807, 2.05) is 13.8 Å². The summed E-state index contributed by atoms with van der Waals surface area (Å²) in [6.45, 7) is 5.46. The fourth-order valence-electron chi connectivity index (χ4n) is 3.14. The van der Waals surface area contributed by atoms with Gasteiger partial charge < -0.3 is 19.8 Å². The van der Waals surface area contributed by atoms with Crippen LogP contribution in [-0.4, -0.2) is 31.7 Å². The maximum Gasteiger partial charge on any atom is 0.234 e. The molecule has 5 nitrogen and oxygen atoms in total. The topological polar surface area (TPSA) is 63.5 Å². The normalized spacial score (nSPS) is 18.9. The second-order valence-corrected chi connectivity index (χ2v) is 6.29. The predicted octanol–water partition coefficient (Wildman–Crippen LogP) is 2.83. The average molecular weight is 334 g/mol. The number of carbonyl (C=O) groups is 1. The van der Waals surface area contributed by atoms with Gasteiger partial charge in [-0.15, -0.1) is 0 Å². The van der Waals surface area contributed by atoms with Crippen molar-refractivity contribution in [1.82, 2.24) is 10.6 Å². The van der Waals surface area contributed by atoms with Gasteiger partial charge in [0.2, 0.25) is 5.91 Å². The van der Waals surface area contributed by atoms with Crippen molar-refractivity contribution in [3.05, 3.63) is 35.3 Å². The SMILES string of the molecule is Cc1c([C@@H](C)NC(=O)CNC[C@H]2CCCO2)oc2ccc(F)cc12.